The molecule has 0 unspecified atom stereocenters. The van der Waals surface area contributed by atoms with E-state index in [9.17, 15) is 35.9 Å². The van der Waals surface area contributed by atoms with E-state index >= 15 is 0 Å². The fourth-order valence-corrected chi connectivity index (χ4v) is 3.16. The summed E-state index contributed by atoms with van der Waals surface area (Å²) in [6.07, 6.45) is -3.25. The molecular weight excluding hydrogens is 484 g/mol. The van der Waals surface area contributed by atoms with E-state index in [1.54, 1.807) is 0 Å². The zero-order valence-electron chi connectivity index (χ0n) is 17.3. The van der Waals surface area contributed by atoms with Gasteiger partial charge in [0.1, 0.15) is 11.4 Å². The molecule has 0 aliphatic rings. The van der Waals surface area contributed by atoms with Crippen LogP contribution in [0.15, 0.2) is 42.7 Å². The van der Waals surface area contributed by atoms with Gasteiger partial charge in [-0.1, -0.05) is 0 Å². The molecule has 0 bridgehead atoms. The molecule has 4 rings (SSSR count). The van der Waals surface area contributed by atoms with E-state index in [2.05, 4.69) is 19.7 Å². The topological polar surface area (TPSA) is 99.0 Å². The van der Waals surface area contributed by atoms with E-state index < -0.39 is 46.9 Å². The minimum absolute atomic E-state index is 0.0284. The van der Waals surface area contributed by atoms with Crippen molar-refractivity contribution in [2.45, 2.75) is 6.18 Å². The highest BCUT2D eigenvalue weighted by molar-refractivity contribution is 6.04. The van der Waals surface area contributed by atoms with Crippen molar-refractivity contribution in [2.75, 3.05) is 12.4 Å². The lowest BCUT2D eigenvalue weighted by molar-refractivity contribution is -0.145. The van der Waals surface area contributed by atoms with Crippen LogP contribution in [0.4, 0.5) is 32.2 Å². The molecule has 2 aromatic heterocycles. The average Bonchev–Trinajstić information content (AvgIpc) is 3.21. The zero-order valence-corrected chi connectivity index (χ0v) is 17.3. The van der Waals surface area contributed by atoms with Gasteiger partial charge >= 0.3 is 12.1 Å². The Labute approximate surface area is 191 Å². The van der Waals surface area contributed by atoms with E-state index in [1.807, 2.05) is 5.32 Å². The number of hydrogen-bond donors (Lipinski definition) is 1. The smallest absolute Gasteiger partial charge is 0.450 e. The molecule has 35 heavy (non-hydrogen) atoms. The van der Waals surface area contributed by atoms with Crippen LogP contribution in [0.5, 0.6) is 0 Å². The zero-order chi connectivity index (χ0) is 25.5. The molecule has 2 heterocycles. The molecule has 8 nitrogen and oxygen atoms in total. The Kier molecular flexibility index (Phi) is 5.88. The first kappa shape index (κ1) is 23.7. The number of amides is 1. The summed E-state index contributed by atoms with van der Waals surface area (Å²) in [5, 5.41) is 1.99. The van der Waals surface area contributed by atoms with Crippen molar-refractivity contribution in [3.05, 3.63) is 77.1 Å². The van der Waals surface area contributed by atoms with Gasteiger partial charge in [-0.25, -0.2) is 32.9 Å². The Hall–Kier alpha value is -4.49. The summed E-state index contributed by atoms with van der Waals surface area (Å²) in [6.45, 7) is 0. The van der Waals surface area contributed by atoms with Crippen LogP contribution >= 0.6 is 0 Å². The number of methoxy groups -OCH3 is 1. The van der Waals surface area contributed by atoms with Gasteiger partial charge in [0.15, 0.2) is 23.3 Å². The second-order valence-electron chi connectivity index (χ2n) is 6.90. The highest BCUT2D eigenvalue weighted by Gasteiger charge is 2.38. The summed E-state index contributed by atoms with van der Waals surface area (Å²) in [5.74, 6) is -8.80. The minimum atomic E-state index is -4.93. The van der Waals surface area contributed by atoms with Crippen LogP contribution < -0.4 is 5.32 Å². The fourth-order valence-electron chi connectivity index (χ4n) is 3.16. The van der Waals surface area contributed by atoms with Gasteiger partial charge < -0.3 is 10.1 Å². The second kappa shape index (κ2) is 8.70. The maximum absolute atomic E-state index is 13.8. The van der Waals surface area contributed by atoms with Gasteiger partial charge in [0, 0.05) is 0 Å². The third kappa shape index (κ3) is 4.37. The number of hydrogen-bond acceptors (Lipinski definition) is 6. The van der Waals surface area contributed by atoms with Crippen LogP contribution in [0.1, 0.15) is 26.5 Å². The lowest BCUT2D eigenvalue weighted by Crippen LogP contribution is -2.18. The number of alkyl halides is 3. The highest BCUT2D eigenvalue weighted by Crippen LogP contribution is 2.33. The molecule has 0 radical (unpaired) electrons. The van der Waals surface area contributed by atoms with Crippen molar-refractivity contribution >= 4 is 28.7 Å². The molecule has 0 fully saturated rings. The largest absolute Gasteiger partial charge is 0.465 e. The van der Waals surface area contributed by atoms with Crippen molar-refractivity contribution in [2.24, 2.45) is 0 Å². The number of aromatic nitrogens is 4. The number of rotatable bonds is 4. The predicted molar refractivity (Wildman–Crippen MR) is 107 cm³/mol. The van der Waals surface area contributed by atoms with Crippen LogP contribution in [-0.4, -0.2) is 38.5 Å². The van der Waals surface area contributed by atoms with Crippen molar-refractivity contribution in [1.29, 1.82) is 0 Å². The SMILES string of the molecule is COC(=O)c1ccc2c(c1)nc(C(F)(F)F)n2-c1cnc(NC(=O)c2c(F)ccc(F)c2F)cn1. The van der Waals surface area contributed by atoms with E-state index in [0.717, 1.165) is 25.6 Å². The van der Waals surface area contributed by atoms with Gasteiger partial charge in [-0.15, -0.1) is 0 Å². The minimum Gasteiger partial charge on any atom is -0.465 e. The van der Waals surface area contributed by atoms with Crippen molar-refractivity contribution in [1.82, 2.24) is 19.5 Å². The molecule has 0 aliphatic carbocycles. The number of nitrogens with zero attached hydrogens (tertiary/aromatic N) is 4. The standard InChI is InChI=1S/C21H11F6N5O3/c1-35-19(34)9-2-5-13-12(6-9)30-20(21(25,26)27)32(13)15-8-28-14(7-29-15)31-18(33)16-10(22)3-4-11(23)17(16)24/h2-8H,1H3,(H,28,31,33). The number of carbonyl (C=O) groups excluding carboxylic acids is 2. The first-order chi connectivity index (χ1) is 16.5. The Morgan fingerprint density at radius 3 is 2.34 bits per heavy atom. The van der Waals surface area contributed by atoms with E-state index in [-0.39, 0.29) is 28.2 Å². The fraction of sp³-hybridized carbons (Fsp3) is 0.0952. The highest BCUT2D eigenvalue weighted by atomic mass is 19.4. The van der Waals surface area contributed by atoms with Crippen molar-refractivity contribution < 1.29 is 40.7 Å². The van der Waals surface area contributed by atoms with Crippen LogP contribution in [0.25, 0.3) is 16.9 Å². The number of halogens is 6. The van der Waals surface area contributed by atoms with Crippen LogP contribution in [-0.2, 0) is 10.9 Å². The maximum atomic E-state index is 13.8. The normalized spacial score (nSPS) is 11.5. The number of esters is 1. The van der Waals surface area contributed by atoms with Crippen molar-refractivity contribution in [3.8, 4) is 5.82 Å². The third-order valence-electron chi connectivity index (χ3n) is 4.71. The number of imidazole rings is 1. The van der Waals surface area contributed by atoms with Gasteiger partial charge in [-0.05, 0) is 30.3 Å². The Morgan fingerprint density at radius 1 is 1.00 bits per heavy atom. The number of benzene rings is 2. The molecular formula is C21H11F6N5O3. The Morgan fingerprint density at radius 2 is 1.71 bits per heavy atom. The average molecular weight is 495 g/mol. The quantitative estimate of drug-likeness (QED) is 0.258. The molecule has 180 valence electrons. The summed E-state index contributed by atoms with van der Waals surface area (Å²) in [5.41, 5.74) is -1.49. The Bertz CT molecular complexity index is 1470. The number of carbonyl (C=O) groups is 2. The van der Waals surface area contributed by atoms with Crippen LogP contribution in [0.2, 0.25) is 0 Å². The Balaban J connectivity index is 1.71. The lowest BCUT2D eigenvalue weighted by Gasteiger charge is -2.11. The lowest BCUT2D eigenvalue weighted by atomic mass is 10.1. The third-order valence-corrected chi connectivity index (χ3v) is 4.71. The second-order valence-corrected chi connectivity index (χ2v) is 6.90. The number of fused-ring (bicyclic) bond motifs is 1. The molecule has 1 N–H and O–H groups in total. The summed E-state index contributed by atoms with van der Waals surface area (Å²) in [4.78, 5) is 35.0. The molecule has 4 aromatic rings. The van der Waals surface area contributed by atoms with Crippen LogP contribution in [0, 0.1) is 17.5 Å². The van der Waals surface area contributed by atoms with Crippen molar-refractivity contribution in [3.63, 3.8) is 0 Å². The van der Waals surface area contributed by atoms with E-state index in [0.29, 0.717) is 16.7 Å². The van der Waals surface area contributed by atoms with Gasteiger partial charge in [-0.3, -0.25) is 9.36 Å². The molecule has 0 saturated heterocycles. The first-order valence-corrected chi connectivity index (χ1v) is 9.46. The molecule has 0 saturated carbocycles. The molecule has 2 aromatic carbocycles. The van der Waals surface area contributed by atoms with Gasteiger partial charge in [-0.2, -0.15) is 13.2 Å². The number of ether oxygens (including phenoxy) is 1. The first-order valence-electron chi connectivity index (χ1n) is 9.46. The summed E-state index contributed by atoms with van der Waals surface area (Å²) >= 11 is 0. The van der Waals surface area contributed by atoms with E-state index in [1.165, 1.54) is 12.1 Å². The number of nitrogens with one attached hydrogen (secondary N) is 1. The summed E-state index contributed by atoms with van der Waals surface area (Å²) in [7, 11) is 1.11. The monoisotopic (exact) mass is 495 g/mol. The maximum Gasteiger partial charge on any atom is 0.450 e. The van der Waals surface area contributed by atoms with Crippen LogP contribution in [0.3, 0.4) is 0 Å². The van der Waals surface area contributed by atoms with Gasteiger partial charge in [0.2, 0.25) is 5.82 Å². The number of anilines is 1. The van der Waals surface area contributed by atoms with Gasteiger partial charge in [0.25, 0.3) is 5.91 Å². The molecule has 0 spiro atoms. The molecule has 0 atom stereocenters. The predicted octanol–water partition coefficient (Wildman–Crippen LogP) is 4.29. The summed E-state index contributed by atoms with van der Waals surface area (Å²) in [6, 6.07) is 4.60. The summed E-state index contributed by atoms with van der Waals surface area (Å²) < 4.78 is 87.1. The van der Waals surface area contributed by atoms with Gasteiger partial charge in [0.05, 0.1) is 36.1 Å². The molecule has 14 heteroatoms. The molecule has 0 aliphatic heterocycles. The molecule has 1 amide bonds. The van der Waals surface area contributed by atoms with E-state index in [4.69, 9.17) is 0 Å².